The number of nitrogens with two attached hydrogens (primary N) is 1. The van der Waals surface area contributed by atoms with E-state index in [-0.39, 0.29) is 6.04 Å². The normalized spacial score (nSPS) is 19.2. The molecule has 0 aliphatic heterocycles. The highest BCUT2D eigenvalue weighted by molar-refractivity contribution is 6.31. The van der Waals surface area contributed by atoms with E-state index in [4.69, 9.17) is 17.3 Å². The van der Waals surface area contributed by atoms with Crippen LogP contribution in [0.2, 0.25) is 5.02 Å². The summed E-state index contributed by atoms with van der Waals surface area (Å²) in [6.45, 7) is 0. The van der Waals surface area contributed by atoms with Crippen LogP contribution >= 0.6 is 11.6 Å². The number of aromatic nitrogens is 1. The van der Waals surface area contributed by atoms with E-state index < -0.39 is 0 Å². The molecule has 1 atom stereocenters. The van der Waals surface area contributed by atoms with Gasteiger partial charge in [0, 0.05) is 12.2 Å². The smallest absolute Gasteiger partial charge is 0.0756 e. The Morgan fingerprint density at radius 2 is 2.12 bits per heavy atom. The molecule has 3 heteroatoms. The van der Waals surface area contributed by atoms with Crippen LogP contribution in [0.5, 0.6) is 0 Å². The van der Waals surface area contributed by atoms with Gasteiger partial charge >= 0.3 is 0 Å². The Balaban J connectivity index is 1.84. The molecule has 0 amide bonds. The topological polar surface area (TPSA) is 38.9 Å². The quantitative estimate of drug-likeness (QED) is 0.876. The van der Waals surface area contributed by atoms with E-state index >= 15 is 0 Å². The van der Waals surface area contributed by atoms with Gasteiger partial charge in [0.2, 0.25) is 0 Å². The maximum Gasteiger partial charge on any atom is 0.0756 e. The van der Waals surface area contributed by atoms with E-state index in [1.807, 2.05) is 12.1 Å². The van der Waals surface area contributed by atoms with Crippen molar-refractivity contribution in [1.82, 2.24) is 4.98 Å². The molecule has 0 saturated heterocycles. The molecule has 0 bridgehead atoms. The molecule has 0 aromatic carbocycles. The van der Waals surface area contributed by atoms with Gasteiger partial charge in [-0.3, -0.25) is 4.98 Å². The summed E-state index contributed by atoms with van der Waals surface area (Å²) in [5.41, 5.74) is 7.02. The Hall–Kier alpha value is -0.600. The van der Waals surface area contributed by atoms with Crippen molar-refractivity contribution in [1.29, 1.82) is 0 Å². The van der Waals surface area contributed by atoms with Crippen molar-refractivity contribution in [2.45, 2.75) is 51.0 Å². The first-order valence-electron chi connectivity index (χ1n) is 6.63. The SMILES string of the molecule is NC(CCC1CCCCC1)c1ncccc1Cl. The second-order valence-corrected chi connectivity index (χ2v) is 5.47. The summed E-state index contributed by atoms with van der Waals surface area (Å²) >= 11 is 6.10. The maximum atomic E-state index is 6.17. The predicted molar refractivity (Wildman–Crippen MR) is 72.0 cm³/mol. The molecule has 1 fully saturated rings. The van der Waals surface area contributed by atoms with Crippen LogP contribution in [0.25, 0.3) is 0 Å². The molecule has 1 aromatic heterocycles. The van der Waals surface area contributed by atoms with Crippen molar-refractivity contribution >= 4 is 11.6 Å². The predicted octanol–water partition coefficient (Wildman–Crippen LogP) is 4.10. The molecule has 1 unspecified atom stereocenters. The minimum Gasteiger partial charge on any atom is -0.323 e. The summed E-state index contributed by atoms with van der Waals surface area (Å²) < 4.78 is 0. The van der Waals surface area contributed by atoms with Gasteiger partial charge in [-0.05, 0) is 30.9 Å². The lowest BCUT2D eigenvalue weighted by atomic mass is 9.85. The van der Waals surface area contributed by atoms with Crippen molar-refractivity contribution in [2.75, 3.05) is 0 Å². The highest BCUT2D eigenvalue weighted by Crippen LogP contribution is 2.30. The zero-order valence-corrected chi connectivity index (χ0v) is 11.0. The van der Waals surface area contributed by atoms with Gasteiger partial charge in [0.15, 0.2) is 0 Å². The number of rotatable bonds is 4. The first-order chi connectivity index (χ1) is 8.27. The molecule has 1 aromatic rings. The highest BCUT2D eigenvalue weighted by atomic mass is 35.5. The number of halogens is 1. The lowest BCUT2D eigenvalue weighted by Crippen LogP contribution is -2.15. The average molecular weight is 253 g/mol. The molecular weight excluding hydrogens is 232 g/mol. The minimum atomic E-state index is -0.00868. The third kappa shape index (κ3) is 3.68. The maximum absolute atomic E-state index is 6.17. The first-order valence-corrected chi connectivity index (χ1v) is 7.01. The van der Waals surface area contributed by atoms with Crippen LogP contribution < -0.4 is 5.73 Å². The zero-order valence-electron chi connectivity index (χ0n) is 10.2. The van der Waals surface area contributed by atoms with Crippen molar-refractivity contribution in [2.24, 2.45) is 11.7 Å². The summed E-state index contributed by atoms with van der Waals surface area (Å²) in [6, 6.07) is 3.70. The standard InChI is InChI=1S/C14H21ClN2/c15-12-7-4-10-17-14(12)13(16)9-8-11-5-2-1-3-6-11/h4,7,10-11,13H,1-3,5-6,8-9,16H2. The molecule has 1 saturated carbocycles. The number of nitrogens with zero attached hydrogens (tertiary/aromatic N) is 1. The summed E-state index contributed by atoms with van der Waals surface area (Å²) in [6.07, 6.45) is 10.9. The molecule has 0 radical (unpaired) electrons. The Morgan fingerprint density at radius 3 is 2.82 bits per heavy atom. The van der Waals surface area contributed by atoms with Gasteiger partial charge in [0.05, 0.1) is 10.7 Å². The number of pyridine rings is 1. The molecule has 94 valence electrons. The minimum absolute atomic E-state index is 0.00868. The van der Waals surface area contributed by atoms with E-state index in [0.29, 0.717) is 5.02 Å². The largest absolute Gasteiger partial charge is 0.323 e. The molecular formula is C14H21ClN2. The number of hydrogen-bond donors (Lipinski definition) is 1. The molecule has 2 rings (SSSR count). The molecule has 1 heterocycles. The van der Waals surface area contributed by atoms with Crippen molar-refractivity contribution in [3.63, 3.8) is 0 Å². The Labute approximate surface area is 109 Å². The fourth-order valence-electron chi connectivity index (χ4n) is 2.70. The lowest BCUT2D eigenvalue weighted by Gasteiger charge is -2.23. The van der Waals surface area contributed by atoms with Crippen molar-refractivity contribution < 1.29 is 0 Å². The van der Waals surface area contributed by atoms with Gasteiger partial charge in [-0.1, -0.05) is 43.7 Å². The van der Waals surface area contributed by atoms with E-state index in [9.17, 15) is 0 Å². The van der Waals surface area contributed by atoms with Crippen LogP contribution in [0.1, 0.15) is 56.7 Å². The van der Waals surface area contributed by atoms with Gasteiger partial charge in [-0.2, -0.15) is 0 Å². The Morgan fingerprint density at radius 1 is 1.35 bits per heavy atom. The summed E-state index contributed by atoms with van der Waals surface area (Å²) in [7, 11) is 0. The van der Waals surface area contributed by atoms with Crippen molar-refractivity contribution in [3.8, 4) is 0 Å². The average Bonchev–Trinajstić information content (AvgIpc) is 2.38. The van der Waals surface area contributed by atoms with Crippen LogP contribution in [0.15, 0.2) is 18.3 Å². The second-order valence-electron chi connectivity index (χ2n) is 5.06. The molecule has 0 spiro atoms. The monoisotopic (exact) mass is 252 g/mol. The van der Waals surface area contributed by atoms with E-state index in [1.165, 1.54) is 38.5 Å². The van der Waals surface area contributed by atoms with E-state index in [2.05, 4.69) is 4.98 Å². The van der Waals surface area contributed by atoms with Crippen LogP contribution in [0, 0.1) is 5.92 Å². The molecule has 2 nitrogen and oxygen atoms in total. The van der Waals surface area contributed by atoms with Gasteiger partial charge in [0.1, 0.15) is 0 Å². The zero-order chi connectivity index (χ0) is 12.1. The second kappa shape index (κ2) is 6.36. The number of hydrogen-bond acceptors (Lipinski definition) is 2. The van der Waals surface area contributed by atoms with Gasteiger partial charge in [-0.25, -0.2) is 0 Å². The summed E-state index contributed by atoms with van der Waals surface area (Å²) in [4.78, 5) is 4.28. The molecule has 17 heavy (non-hydrogen) atoms. The van der Waals surface area contributed by atoms with E-state index in [0.717, 1.165) is 18.0 Å². The highest BCUT2D eigenvalue weighted by Gasteiger charge is 2.17. The van der Waals surface area contributed by atoms with Crippen LogP contribution in [-0.4, -0.2) is 4.98 Å². The Bertz CT molecular complexity index is 348. The van der Waals surface area contributed by atoms with Gasteiger partial charge in [0.25, 0.3) is 0 Å². The molecule has 1 aliphatic carbocycles. The summed E-state index contributed by atoms with van der Waals surface area (Å²) in [5.74, 6) is 0.872. The Kier molecular flexibility index (Phi) is 4.81. The summed E-state index contributed by atoms with van der Waals surface area (Å²) in [5, 5.41) is 0.698. The van der Waals surface area contributed by atoms with Gasteiger partial charge in [-0.15, -0.1) is 0 Å². The first kappa shape index (κ1) is 12.8. The molecule has 2 N–H and O–H groups in total. The molecule has 1 aliphatic rings. The van der Waals surface area contributed by atoms with Crippen LogP contribution in [0.3, 0.4) is 0 Å². The van der Waals surface area contributed by atoms with Crippen molar-refractivity contribution in [3.05, 3.63) is 29.0 Å². The fraction of sp³-hybridized carbons (Fsp3) is 0.643. The van der Waals surface area contributed by atoms with E-state index in [1.54, 1.807) is 6.20 Å². The fourth-order valence-corrected chi connectivity index (χ4v) is 2.96. The third-order valence-corrected chi connectivity index (χ3v) is 4.07. The third-order valence-electron chi connectivity index (χ3n) is 3.75. The van der Waals surface area contributed by atoms with Crippen LogP contribution in [-0.2, 0) is 0 Å². The van der Waals surface area contributed by atoms with Gasteiger partial charge < -0.3 is 5.73 Å². The lowest BCUT2D eigenvalue weighted by molar-refractivity contribution is 0.323. The van der Waals surface area contributed by atoms with Crippen LogP contribution in [0.4, 0.5) is 0 Å².